The second kappa shape index (κ2) is 8.24. The van der Waals surface area contributed by atoms with E-state index < -0.39 is 11.5 Å². The van der Waals surface area contributed by atoms with Gasteiger partial charge in [0.25, 0.3) is 0 Å². The van der Waals surface area contributed by atoms with Crippen LogP contribution in [0.2, 0.25) is 0 Å². The fraction of sp³-hybridized carbons (Fsp3) is 0.522. The topological polar surface area (TPSA) is 88.5 Å². The summed E-state index contributed by atoms with van der Waals surface area (Å²) >= 11 is 0. The third-order valence-corrected chi connectivity index (χ3v) is 6.22. The van der Waals surface area contributed by atoms with Crippen LogP contribution in [0.15, 0.2) is 30.6 Å². The first-order valence-corrected chi connectivity index (χ1v) is 10.7. The second-order valence-corrected chi connectivity index (χ2v) is 9.04. The lowest BCUT2D eigenvalue weighted by atomic mass is 9.87. The van der Waals surface area contributed by atoms with Crippen molar-refractivity contribution in [1.82, 2.24) is 19.9 Å². The van der Waals surface area contributed by atoms with Gasteiger partial charge in [-0.2, -0.15) is 0 Å². The number of carbonyl (C=O) groups excluding carboxylic acids is 2. The normalized spacial score (nSPS) is 21.1. The number of piperidine rings is 1. The molecule has 2 aromatic rings. The maximum atomic E-state index is 13.0. The molecule has 2 aliphatic rings. The van der Waals surface area contributed by atoms with Gasteiger partial charge in [0.05, 0.1) is 12.3 Å². The van der Waals surface area contributed by atoms with Gasteiger partial charge >= 0.3 is 5.97 Å². The van der Waals surface area contributed by atoms with Gasteiger partial charge in [0.1, 0.15) is 11.4 Å². The van der Waals surface area contributed by atoms with E-state index in [1.165, 1.54) is 0 Å². The molecule has 4 heterocycles. The lowest BCUT2D eigenvalue weighted by molar-refractivity contribution is -0.149. The Labute approximate surface area is 182 Å². The van der Waals surface area contributed by atoms with Crippen LogP contribution in [0.4, 0.5) is 5.82 Å². The van der Waals surface area contributed by atoms with Crippen molar-refractivity contribution < 1.29 is 14.3 Å². The van der Waals surface area contributed by atoms with E-state index in [1.807, 2.05) is 55.9 Å². The van der Waals surface area contributed by atoms with E-state index >= 15 is 0 Å². The fourth-order valence-corrected chi connectivity index (χ4v) is 4.33. The molecule has 31 heavy (non-hydrogen) atoms. The predicted octanol–water partition coefficient (Wildman–Crippen LogP) is 2.65. The number of likely N-dealkylation sites (tertiary alicyclic amines) is 1. The summed E-state index contributed by atoms with van der Waals surface area (Å²) in [6.07, 6.45) is 5.32. The predicted molar refractivity (Wildman–Crippen MR) is 116 cm³/mol. The Morgan fingerprint density at radius 3 is 2.55 bits per heavy atom. The maximum Gasteiger partial charge on any atom is 0.307 e. The second-order valence-electron chi connectivity index (χ2n) is 9.04. The number of amides is 1. The molecule has 0 unspecified atom stereocenters. The minimum atomic E-state index is -0.739. The first-order chi connectivity index (χ1) is 14.7. The Morgan fingerprint density at radius 1 is 1.23 bits per heavy atom. The highest BCUT2D eigenvalue weighted by Crippen LogP contribution is 2.36. The number of cyclic esters (lactones) is 1. The van der Waals surface area contributed by atoms with E-state index in [4.69, 9.17) is 9.72 Å². The average Bonchev–Trinajstić information content (AvgIpc) is 3.05. The number of rotatable bonds is 4. The molecule has 8 nitrogen and oxygen atoms in total. The number of anilines is 1. The van der Waals surface area contributed by atoms with Crippen molar-refractivity contribution >= 4 is 17.7 Å². The van der Waals surface area contributed by atoms with Crippen LogP contribution in [-0.4, -0.2) is 64.5 Å². The van der Waals surface area contributed by atoms with Crippen molar-refractivity contribution in [2.24, 2.45) is 5.92 Å². The molecule has 2 saturated heterocycles. The summed E-state index contributed by atoms with van der Waals surface area (Å²) in [5, 5.41) is 0. The van der Waals surface area contributed by atoms with Crippen molar-refractivity contribution in [2.75, 3.05) is 32.1 Å². The third-order valence-electron chi connectivity index (χ3n) is 6.22. The van der Waals surface area contributed by atoms with E-state index in [0.29, 0.717) is 18.9 Å². The highest BCUT2D eigenvalue weighted by Gasteiger charge is 2.47. The van der Waals surface area contributed by atoms with Crippen LogP contribution in [0.25, 0.3) is 11.4 Å². The van der Waals surface area contributed by atoms with Crippen LogP contribution < -0.4 is 4.90 Å². The summed E-state index contributed by atoms with van der Waals surface area (Å²) in [4.78, 5) is 42.3. The zero-order valence-electron chi connectivity index (χ0n) is 18.5. The van der Waals surface area contributed by atoms with E-state index in [1.54, 1.807) is 12.4 Å². The molecule has 2 fully saturated rings. The molecule has 0 N–H and O–H groups in total. The zero-order valence-corrected chi connectivity index (χ0v) is 18.5. The molecule has 0 bridgehead atoms. The van der Waals surface area contributed by atoms with Crippen LogP contribution >= 0.6 is 0 Å². The first-order valence-electron chi connectivity index (χ1n) is 10.7. The number of nitrogens with zero attached hydrogens (tertiary/aromatic N) is 5. The first kappa shape index (κ1) is 21.2. The largest absolute Gasteiger partial charge is 0.459 e. The van der Waals surface area contributed by atoms with Gasteiger partial charge in [0.2, 0.25) is 5.91 Å². The lowest BCUT2D eigenvalue weighted by Crippen LogP contribution is -2.46. The van der Waals surface area contributed by atoms with E-state index in [2.05, 4.69) is 9.97 Å². The van der Waals surface area contributed by atoms with E-state index in [9.17, 15) is 9.59 Å². The summed E-state index contributed by atoms with van der Waals surface area (Å²) in [6, 6.07) is 5.87. The third kappa shape index (κ3) is 4.38. The van der Waals surface area contributed by atoms with Crippen molar-refractivity contribution in [1.29, 1.82) is 0 Å². The number of aromatic nitrogens is 3. The molecule has 0 aliphatic carbocycles. The van der Waals surface area contributed by atoms with Gasteiger partial charge in [-0.1, -0.05) is 0 Å². The summed E-state index contributed by atoms with van der Waals surface area (Å²) < 4.78 is 5.34. The number of ether oxygens (including phenoxy) is 1. The van der Waals surface area contributed by atoms with Gasteiger partial charge in [-0.15, -0.1) is 0 Å². The molecule has 4 rings (SSSR count). The Morgan fingerprint density at radius 2 is 1.97 bits per heavy atom. The van der Waals surface area contributed by atoms with Crippen LogP contribution in [-0.2, 0) is 14.3 Å². The highest BCUT2D eigenvalue weighted by atomic mass is 16.6. The quantitative estimate of drug-likeness (QED) is 0.699. The van der Waals surface area contributed by atoms with Crippen molar-refractivity contribution in [2.45, 2.75) is 44.6 Å². The molecule has 0 radical (unpaired) electrons. The van der Waals surface area contributed by atoms with Gasteiger partial charge in [0.15, 0.2) is 5.82 Å². The zero-order chi connectivity index (χ0) is 22.2. The number of carbonyl (C=O) groups is 2. The minimum Gasteiger partial charge on any atom is -0.459 e. The Balaban J connectivity index is 1.50. The number of hydrogen-bond donors (Lipinski definition) is 0. The highest BCUT2D eigenvalue weighted by molar-refractivity contribution is 5.87. The maximum absolute atomic E-state index is 13.0. The Bertz CT molecular complexity index is 968. The number of pyridine rings is 1. The van der Waals surface area contributed by atoms with Gasteiger partial charge in [-0.3, -0.25) is 14.6 Å². The Hall–Kier alpha value is -3.03. The molecule has 164 valence electrons. The minimum absolute atomic E-state index is 0.0158. The van der Waals surface area contributed by atoms with Crippen LogP contribution in [0, 0.1) is 5.92 Å². The summed E-state index contributed by atoms with van der Waals surface area (Å²) in [6.45, 7) is 4.93. The molecular weight excluding hydrogens is 394 g/mol. The standard InChI is InChI=1S/C23H29N5O3/c1-23(2)17(12-20(29)31-23)22(30)28-10-7-15(8-11-28)18-13-19(27(3)4)26-21(25-18)16-6-5-9-24-14-16/h5-6,9,13-15,17H,7-8,10-12H2,1-4H3/t17-/m1/s1. The summed E-state index contributed by atoms with van der Waals surface area (Å²) in [7, 11) is 3.93. The smallest absolute Gasteiger partial charge is 0.307 e. The number of esters is 1. The lowest BCUT2D eigenvalue weighted by Gasteiger charge is -2.35. The van der Waals surface area contributed by atoms with Crippen molar-refractivity contribution in [3.05, 3.63) is 36.3 Å². The molecule has 0 spiro atoms. The molecule has 1 amide bonds. The SMILES string of the molecule is CN(C)c1cc(C2CCN(C(=O)[C@H]3CC(=O)OC3(C)C)CC2)nc(-c2cccnc2)n1. The van der Waals surface area contributed by atoms with Gasteiger partial charge in [0, 0.05) is 62.8 Å². The van der Waals surface area contributed by atoms with Crippen LogP contribution in [0.1, 0.15) is 44.7 Å². The van der Waals surface area contributed by atoms with E-state index in [-0.39, 0.29) is 24.2 Å². The average molecular weight is 424 g/mol. The molecular formula is C23H29N5O3. The van der Waals surface area contributed by atoms with Crippen molar-refractivity contribution in [3.8, 4) is 11.4 Å². The van der Waals surface area contributed by atoms with Gasteiger partial charge in [-0.05, 0) is 38.8 Å². The summed E-state index contributed by atoms with van der Waals surface area (Å²) in [5.74, 6) is 1.08. The fourth-order valence-electron chi connectivity index (χ4n) is 4.33. The van der Waals surface area contributed by atoms with Crippen molar-refractivity contribution in [3.63, 3.8) is 0 Å². The van der Waals surface area contributed by atoms with Crippen LogP contribution in [0.3, 0.4) is 0 Å². The number of hydrogen-bond acceptors (Lipinski definition) is 7. The molecule has 1 atom stereocenters. The molecule has 8 heteroatoms. The monoisotopic (exact) mass is 423 g/mol. The van der Waals surface area contributed by atoms with Crippen LogP contribution in [0.5, 0.6) is 0 Å². The Kier molecular flexibility index (Phi) is 5.64. The van der Waals surface area contributed by atoms with Gasteiger partial charge < -0.3 is 14.5 Å². The molecule has 2 aromatic heterocycles. The van der Waals surface area contributed by atoms with E-state index in [0.717, 1.165) is 29.9 Å². The molecule has 0 aromatic carbocycles. The molecule has 2 aliphatic heterocycles. The van der Waals surface area contributed by atoms with Gasteiger partial charge in [-0.25, -0.2) is 9.97 Å². The summed E-state index contributed by atoms with van der Waals surface area (Å²) in [5.41, 5.74) is 1.13. The molecule has 0 saturated carbocycles.